The Morgan fingerprint density at radius 2 is 1.85 bits per heavy atom. The smallest absolute Gasteiger partial charge is 0.227 e. The first-order chi connectivity index (χ1) is 12.7. The lowest BCUT2D eigenvalue weighted by atomic mass is 10.1. The Morgan fingerprint density at radius 3 is 2.58 bits per heavy atom. The van der Waals surface area contributed by atoms with Gasteiger partial charge in [-0.15, -0.1) is 21.7 Å². The lowest BCUT2D eigenvalue weighted by molar-refractivity contribution is -0.130. The number of benzene rings is 1. The Labute approximate surface area is 151 Å². The van der Waals surface area contributed by atoms with Crippen molar-refractivity contribution in [2.45, 2.75) is 6.42 Å². The molecule has 0 bridgehead atoms. The molecule has 7 heteroatoms. The van der Waals surface area contributed by atoms with Crippen molar-refractivity contribution in [3.63, 3.8) is 0 Å². The molecular weight excluding hydrogens is 328 g/mol. The van der Waals surface area contributed by atoms with Crippen molar-refractivity contribution in [2.75, 3.05) is 31.1 Å². The van der Waals surface area contributed by atoms with Crippen LogP contribution in [0, 0.1) is 12.3 Å². The molecule has 1 fully saturated rings. The monoisotopic (exact) mass is 346 g/mol. The number of terminal acetylenes is 1. The molecule has 26 heavy (non-hydrogen) atoms. The molecule has 0 saturated carbocycles. The number of aromatic nitrogens is 4. The lowest BCUT2D eigenvalue weighted by Crippen LogP contribution is -2.49. The summed E-state index contributed by atoms with van der Waals surface area (Å²) < 4.78 is 1.66. The highest BCUT2D eigenvalue weighted by atomic mass is 16.2. The maximum absolute atomic E-state index is 12.5. The van der Waals surface area contributed by atoms with Crippen molar-refractivity contribution >= 4 is 17.4 Å². The second-order valence-corrected chi connectivity index (χ2v) is 6.21. The summed E-state index contributed by atoms with van der Waals surface area (Å²) in [6, 6.07) is 11.4. The fraction of sp³-hybridized carbons (Fsp3) is 0.263. The Hall–Kier alpha value is -3.40. The summed E-state index contributed by atoms with van der Waals surface area (Å²) >= 11 is 0. The number of piperazine rings is 1. The summed E-state index contributed by atoms with van der Waals surface area (Å²) in [5, 5.41) is 12.3. The van der Waals surface area contributed by atoms with Crippen LogP contribution in [0.5, 0.6) is 0 Å². The minimum Gasteiger partial charge on any atom is -0.352 e. The van der Waals surface area contributed by atoms with Gasteiger partial charge in [-0.1, -0.05) is 18.1 Å². The third kappa shape index (κ3) is 3.22. The molecule has 0 unspecified atom stereocenters. The van der Waals surface area contributed by atoms with E-state index in [1.807, 2.05) is 41.3 Å². The van der Waals surface area contributed by atoms with E-state index in [1.165, 1.54) is 0 Å². The molecule has 1 aliphatic heterocycles. The number of hydrogen-bond acceptors (Lipinski definition) is 5. The SMILES string of the molecule is C#Cc1ccc(CC(=O)N2CCN(c3ccc4nncn4n3)CC2)cc1. The van der Waals surface area contributed by atoms with Gasteiger partial charge >= 0.3 is 0 Å². The molecule has 130 valence electrons. The first kappa shape index (κ1) is 16.1. The van der Waals surface area contributed by atoms with Crippen LogP contribution in [-0.2, 0) is 11.2 Å². The summed E-state index contributed by atoms with van der Waals surface area (Å²) in [7, 11) is 0. The molecule has 0 spiro atoms. The van der Waals surface area contributed by atoms with Gasteiger partial charge in [0.15, 0.2) is 5.65 Å². The molecule has 0 radical (unpaired) electrons. The molecule has 0 N–H and O–H groups in total. The van der Waals surface area contributed by atoms with Crippen LogP contribution < -0.4 is 4.90 Å². The molecule has 0 aliphatic carbocycles. The maximum atomic E-state index is 12.5. The summed E-state index contributed by atoms with van der Waals surface area (Å²) in [6.07, 6.45) is 7.35. The van der Waals surface area contributed by atoms with Gasteiger partial charge in [0.05, 0.1) is 6.42 Å². The van der Waals surface area contributed by atoms with Gasteiger partial charge in [0.1, 0.15) is 12.1 Å². The van der Waals surface area contributed by atoms with Gasteiger partial charge in [-0.25, -0.2) is 0 Å². The van der Waals surface area contributed by atoms with Gasteiger partial charge in [-0.05, 0) is 29.8 Å². The van der Waals surface area contributed by atoms with Gasteiger partial charge in [0.25, 0.3) is 0 Å². The fourth-order valence-electron chi connectivity index (χ4n) is 3.08. The summed E-state index contributed by atoms with van der Waals surface area (Å²) in [5.41, 5.74) is 2.53. The van der Waals surface area contributed by atoms with E-state index in [1.54, 1.807) is 10.8 Å². The first-order valence-electron chi connectivity index (χ1n) is 8.48. The highest BCUT2D eigenvalue weighted by Gasteiger charge is 2.22. The number of amides is 1. The normalized spacial score (nSPS) is 14.4. The zero-order chi connectivity index (χ0) is 17.9. The van der Waals surface area contributed by atoms with Crippen molar-refractivity contribution < 1.29 is 4.79 Å². The minimum atomic E-state index is 0.139. The Bertz CT molecular complexity index is 964. The summed E-state index contributed by atoms with van der Waals surface area (Å²) in [4.78, 5) is 16.6. The van der Waals surface area contributed by atoms with Crippen molar-refractivity contribution in [1.29, 1.82) is 0 Å². The highest BCUT2D eigenvalue weighted by molar-refractivity contribution is 5.79. The zero-order valence-electron chi connectivity index (χ0n) is 14.2. The topological polar surface area (TPSA) is 66.6 Å². The molecule has 1 aromatic carbocycles. The quantitative estimate of drug-likeness (QED) is 0.662. The van der Waals surface area contributed by atoms with Crippen molar-refractivity contribution in [1.82, 2.24) is 24.7 Å². The predicted octanol–water partition coefficient (Wildman–Crippen LogP) is 0.997. The molecule has 3 heterocycles. The maximum Gasteiger partial charge on any atom is 0.227 e. The fourth-order valence-corrected chi connectivity index (χ4v) is 3.08. The van der Waals surface area contributed by atoms with Gasteiger partial charge < -0.3 is 9.80 Å². The van der Waals surface area contributed by atoms with Gasteiger partial charge in [0, 0.05) is 31.7 Å². The molecule has 3 aromatic rings. The highest BCUT2D eigenvalue weighted by Crippen LogP contribution is 2.15. The van der Waals surface area contributed by atoms with Crippen LogP contribution in [0.25, 0.3) is 5.65 Å². The van der Waals surface area contributed by atoms with E-state index in [2.05, 4.69) is 26.1 Å². The molecular formula is C19H18N6O. The Balaban J connectivity index is 1.36. The van der Waals surface area contributed by atoms with Crippen LogP contribution in [0.4, 0.5) is 5.82 Å². The Kier molecular flexibility index (Phi) is 4.23. The van der Waals surface area contributed by atoms with Gasteiger partial charge in [-0.3, -0.25) is 4.79 Å². The number of hydrogen-bond donors (Lipinski definition) is 0. The standard InChI is InChI=1S/C19H18N6O/c1-2-15-3-5-16(6-4-15)13-19(26)24-11-9-23(10-12-24)18-8-7-17-21-20-14-25(17)22-18/h1,3-8,14H,9-13H2. The second-order valence-electron chi connectivity index (χ2n) is 6.21. The number of nitrogens with zero attached hydrogens (tertiary/aromatic N) is 6. The molecule has 4 rings (SSSR count). The number of fused-ring (bicyclic) bond motifs is 1. The van der Waals surface area contributed by atoms with Crippen LogP contribution in [0.1, 0.15) is 11.1 Å². The molecule has 1 aliphatic rings. The average molecular weight is 346 g/mol. The van der Waals surface area contributed by atoms with Crippen LogP contribution >= 0.6 is 0 Å². The largest absolute Gasteiger partial charge is 0.352 e. The van der Waals surface area contributed by atoms with Crippen molar-refractivity contribution in [3.05, 3.63) is 53.9 Å². The second kappa shape index (κ2) is 6.84. The number of anilines is 1. The van der Waals surface area contributed by atoms with Gasteiger partial charge in [-0.2, -0.15) is 4.52 Å². The molecule has 2 aromatic heterocycles. The minimum absolute atomic E-state index is 0.139. The number of rotatable bonds is 3. The van der Waals surface area contributed by atoms with E-state index < -0.39 is 0 Å². The summed E-state index contributed by atoms with van der Waals surface area (Å²) in [5.74, 6) is 3.59. The van der Waals surface area contributed by atoms with E-state index in [0.29, 0.717) is 19.5 Å². The van der Waals surface area contributed by atoms with E-state index in [4.69, 9.17) is 6.42 Å². The van der Waals surface area contributed by atoms with E-state index >= 15 is 0 Å². The average Bonchev–Trinajstić information content (AvgIpc) is 3.16. The molecule has 1 amide bonds. The van der Waals surface area contributed by atoms with Crippen LogP contribution in [0.3, 0.4) is 0 Å². The molecule has 0 atom stereocenters. The zero-order valence-corrected chi connectivity index (χ0v) is 14.2. The molecule has 1 saturated heterocycles. The third-order valence-electron chi connectivity index (χ3n) is 4.58. The third-order valence-corrected chi connectivity index (χ3v) is 4.58. The summed E-state index contributed by atoms with van der Waals surface area (Å²) in [6.45, 7) is 2.87. The van der Waals surface area contributed by atoms with Crippen LogP contribution in [0.2, 0.25) is 0 Å². The van der Waals surface area contributed by atoms with Crippen molar-refractivity contribution in [3.8, 4) is 12.3 Å². The van der Waals surface area contributed by atoms with E-state index in [9.17, 15) is 4.79 Å². The van der Waals surface area contributed by atoms with Crippen molar-refractivity contribution in [2.24, 2.45) is 0 Å². The van der Waals surface area contributed by atoms with Crippen LogP contribution in [-0.4, -0.2) is 56.8 Å². The molecule has 7 nitrogen and oxygen atoms in total. The Morgan fingerprint density at radius 1 is 1.08 bits per heavy atom. The van der Waals surface area contributed by atoms with Gasteiger partial charge in [0.2, 0.25) is 5.91 Å². The van der Waals surface area contributed by atoms with E-state index in [-0.39, 0.29) is 5.91 Å². The van der Waals surface area contributed by atoms with E-state index in [0.717, 1.165) is 35.7 Å². The lowest BCUT2D eigenvalue weighted by Gasteiger charge is -2.35. The number of carbonyl (C=O) groups excluding carboxylic acids is 1. The first-order valence-corrected chi connectivity index (χ1v) is 8.48. The predicted molar refractivity (Wildman–Crippen MR) is 97.7 cm³/mol. The number of carbonyl (C=O) groups is 1. The van der Waals surface area contributed by atoms with Crippen LogP contribution in [0.15, 0.2) is 42.7 Å².